The van der Waals surface area contributed by atoms with E-state index in [1.165, 1.54) is 0 Å². The smallest absolute Gasteiger partial charge is 0.373 e. The van der Waals surface area contributed by atoms with Crippen LogP contribution in [0.25, 0.3) is 0 Å². The summed E-state index contributed by atoms with van der Waals surface area (Å²) < 4.78 is 15.5. The van der Waals surface area contributed by atoms with E-state index in [0.717, 1.165) is 0 Å². The number of benzene rings is 1. The topological polar surface area (TPSA) is 93.8 Å². The lowest BCUT2D eigenvalue weighted by atomic mass is 10.3. The number of nitrogens with one attached hydrogen (secondary N) is 1. The van der Waals surface area contributed by atoms with Crippen molar-refractivity contribution in [3.63, 3.8) is 0 Å². The van der Waals surface area contributed by atoms with Crippen LogP contribution in [0.15, 0.2) is 22.6 Å². The zero-order valence-corrected chi connectivity index (χ0v) is 9.97. The minimum absolute atomic E-state index is 0.119. The van der Waals surface area contributed by atoms with E-state index in [0.29, 0.717) is 22.9 Å². The zero-order valence-electron chi connectivity index (χ0n) is 9.97. The van der Waals surface area contributed by atoms with E-state index in [1.807, 2.05) is 0 Å². The van der Waals surface area contributed by atoms with Gasteiger partial charge in [-0.05, 0) is 19.1 Å². The molecule has 0 aliphatic carbocycles. The summed E-state index contributed by atoms with van der Waals surface area (Å²) in [4.78, 5) is 14.8. The zero-order chi connectivity index (χ0) is 13.4. The Balaban J connectivity index is 1.85. The Bertz CT molecular complexity index is 650. The second kappa shape index (κ2) is 4.20. The van der Waals surface area contributed by atoms with Crippen molar-refractivity contribution in [2.24, 2.45) is 0 Å². The first-order chi connectivity index (χ1) is 9.13. The summed E-state index contributed by atoms with van der Waals surface area (Å²) in [6.45, 7) is 1.76. The molecule has 0 bridgehead atoms. The molecular formula is C12H10N2O5. The number of hydrogen-bond acceptors (Lipinski definition) is 6. The Hall–Kier alpha value is -2.70. The third kappa shape index (κ3) is 2.05. The summed E-state index contributed by atoms with van der Waals surface area (Å²) in [6.07, 6.45) is 0. The molecule has 19 heavy (non-hydrogen) atoms. The van der Waals surface area contributed by atoms with E-state index >= 15 is 0 Å². The van der Waals surface area contributed by atoms with Crippen LogP contribution in [0, 0.1) is 6.92 Å². The van der Waals surface area contributed by atoms with Gasteiger partial charge >= 0.3 is 5.97 Å². The van der Waals surface area contributed by atoms with Crippen LogP contribution in [0.4, 0.5) is 11.7 Å². The fraction of sp³-hybridized carbons (Fsp3) is 0.167. The van der Waals surface area contributed by atoms with Crippen molar-refractivity contribution >= 4 is 17.7 Å². The molecule has 0 radical (unpaired) electrons. The number of ether oxygens (including phenoxy) is 2. The van der Waals surface area contributed by atoms with Gasteiger partial charge < -0.3 is 24.3 Å². The van der Waals surface area contributed by atoms with Crippen LogP contribution in [0.1, 0.15) is 16.2 Å². The lowest BCUT2D eigenvalue weighted by molar-refractivity contribution is 0.0662. The molecular weight excluding hydrogens is 252 g/mol. The van der Waals surface area contributed by atoms with Crippen LogP contribution in [0.3, 0.4) is 0 Å². The van der Waals surface area contributed by atoms with Crippen molar-refractivity contribution in [1.29, 1.82) is 0 Å². The van der Waals surface area contributed by atoms with Gasteiger partial charge in [-0.2, -0.15) is 4.98 Å². The van der Waals surface area contributed by atoms with Crippen molar-refractivity contribution in [3.8, 4) is 11.5 Å². The van der Waals surface area contributed by atoms with Crippen LogP contribution < -0.4 is 14.8 Å². The molecule has 2 aromatic rings. The number of carboxylic acids is 1. The molecule has 98 valence electrons. The molecule has 0 spiro atoms. The molecule has 0 atom stereocenters. The number of oxazole rings is 1. The van der Waals surface area contributed by atoms with Gasteiger partial charge in [-0.25, -0.2) is 4.79 Å². The first kappa shape index (κ1) is 11.4. The van der Waals surface area contributed by atoms with Gasteiger partial charge in [0.2, 0.25) is 12.6 Å². The van der Waals surface area contributed by atoms with Gasteiger partial charge in [-0.15, -0.1) is 0 Å². The van der Waals surface area contributed by atoms with Crippen molar-refractivity contribution in [3.05, 3.63) is 29.7 Å². The quantitative estimate of drug-likeness (QED) is 0.875. The Morgan fingerprint density at radius 2 is 2.16 bits per heavy atom. The molecule has 0 saturated heterocycles. The Morgan fingerprint density at radius 3 is 2.89 bits per heavy atom. The normalized spacial score (nSPS) is 12.5. The summed E-state index contributed by atoms with van der Waals surface area (Å²) >= 11 is 0. The van der Waals surface area contributed by atoms with Crippen LogP contribution >= 0.6 is 0 Å². The van der Waals surface area contributed by atoms with Crippen LogP contribution in [-0.4, -0.2) is 22.9 Å². The van der Waals surface area contributed by atoms with Gasteiger partial charge in [0.1, 0.15) is 0 Å². The maximum atomic E-state index is 10.8. The minimum atomic E-state index is -1.15. The lowest BCUT2D eigenvalue weighted by Gasteiger charge is -2.02. The number of hydrogen-bond donors (Lipinski definition) is 2. The third-order valence-corrected chi connectivity index (χ3v) is 2.61. The molecule has 7 heteroatoms. The highest BCUT2D eigenvalue weighted by Gasteiger charge is 2.17. The van der Waals surface area contributed by atoms with Gasteiger partial charge in [0.15, 0.2) is 11.5 Å². The highest BCUT2D eigenvalue weighted by atomic mass is 16.7. The number of aryl methyl sites for hydroxylation is 1. The Labute approximate surface area is 107 Å². The average Bonchev–Trinajstić information content (AvgIpc) is 2.95. The summed E-state index contributed by atoms with van der Waals surface area (Å²) in [5, 5.41) is 11.7. The van der Waals surface area contributed by atoms with Gasteiger partial charge in [0.05, 0.1) is 5.69 Å². The Kier molecular flexibility index (Phi) is 2.52. The van der Waals surface area contributed by atoms with E-state index < -0.39 is 5.97 Å². The van der Waals surface area contributed by atoms with E-state index in [-0.39, 0.29) is 18.6 Å². The predicted molar refractivity (Wildman–Crippen MR) is 64.0 cm³/mol. The number of carboxylic acid groups (broad SMARTS) is 1. The van der Waals surface area contributed by atoms with Gasteiger partial charge in [0, 0.05) is 11.8 Å². The highest BCUT2D eigenvalue weighted by molar-refractivity contribution is 5.85. The molecule has 0 fully saturated rings. The fourth-order valence-electron chi connectivity index (χ4n) is 1.75. The van der Waals surface area contributed by atoms with Gasteiger partial charge in [0.25, 0.3) is 6.01 Å². The van der Waals surface area contributed by atoms with Crippen LogP contribution in [0.5, 0.6) is 11.5 Å². The van der Waals surface area contributed by atoms with Gasteiger partial charge in [-0.3, -0.25) is 0 Å². The molecule has 2 heterocycles. The molecule has 1 aliphatic heterocycles. The van der Waals surface area contributed by atoms with Crippen molar-refractivity contribution < 1.29 is 23.8 Å². The Morgan fingerprint density at radius 1 is 1.37 bits per heavy atom. The molecule has 1 aliphatic rings. The number of carbonyl (C=O) groups is 1. The predicted octanol–water partition coefficient (Wildman–Crippen LogP) is 2.15. The average molecular weight is 262 g/mol. The van der Waals surface area contributed by atoms with E-state index in [4.69, 9.17) is 19.0 Å². The minimum Gasteiger partial charge on any atom is -0.475 e. The van der Waals surface area contributed by atoms with Crippen molar-refractivity contribution in [1.82, 2.24) is 4.98 Å². The maximum absolute atomic E-state index is 10.8. The molecule has 2 N–H and O–H groups in total. The largest absolute Gasteiger partial charge is 0.475 e. The van der Waals surface area contributed by atoms with Gasteiger partial charge in [-0.1, -0.05) is 0 Å². The van der Waals surface area contributed by atoms with E-state index in [2.05, 4.69) is 10.3 Å². The first-order valence-electron chi connectivity index (χ1n) is 5.51. The number of aromatic carboxylic acids is 1. The number of aromatic nitrogens is 1. The van der Waals surface area contributed by atoms with Crippen LogP contribution in [-0.2, 0) is 0 Å². The monoisotopic (exact) mass is 262 g/mol. The molecule has 1 aromatic carbocycles. The fourth-order valence-corrected chi connectivity index (χ4v) is 1.75. The number of nitrogens with zero attached hydrogens (tertiary/aromatic N) is 1. The number of anilines is 2. The maximum Gasteiger partial charge on any atom is 0.373 e. The second-order valence-electron chi connectivity index (χ2n) is 3.93. The highest BCUT2D eigenvalue weighted by Crippen LogP contribution is 2.35. The van der Waals surface area contributed by atoms with Crippen molar-refractivity contribution in [2.75, 3.05) is 12.1 Å². The third-order valence-electron chi connectivity index (χ3n) is 2.61. The van der Waals surface area contributed by atoms with E-state index in [1.54, 1.807) is 25.1 Å². The number of rotatable bonds is 3. The summed E-state index contributed by atoms with van der Waals surface area (Å²) in [5.41, 5.74) is 0.984. The molecule has 0 amide bonds. The summed E-state index contributed by atoms with van der Waals surface area (Å²) in [7, 11) is 0. The molecule has 7 nitrogen and oxygen atoms in total. The first-order valence-corrected chi connectivity index (χ1v) is 5.51. The second-order valence-corrected chi connectivity index (χ2v) is 3.93. The molecule has 0 unspecified atom stereocenters. The SMILES string of the molecule is Cc1nc(Nc2ccc3c(c2)OCO3)oc1C(=O)O. The van der Waals surface area contributed by atoms with Crippen molar-refractivity contribution in [2.45, 2.75) is 6.92 Å². The number of fused-ring (bicyclic) bond motifs is 1. The standard InChI is InChI=1S/C12H10N2O5/c1-6-10(11(15)16)19-12(13-6)14-7-2-3-8-9(4-7)18-5-17-8/h2-4H,5H2,1H3,(H,13,14)(H,15,16). The molecule has 0 saturated carbocycles. The molecule has 1 aromatic heterocycles. The molecule has 3 rings (SSSR count). The summed E-state index contributed by atoms with van der Waals surface area (Å²) in [5.74, 6) is -0.0425. The summed E-state index contributed by atoms with van der Waals surface area (Å²) in [6, 6.07) is 5.35. The van der Waals surface area contributed by atoms with Crippen LogP contribution in [0.2, 0.25) is 0 Å². The van der Waals surface area contributed by atoms with E-state index in [9.17, 15) is 4.79 Å². The lowest BCUT2D eigenvalue weighted by Crippen LogP contribution is -1.95.